The second-order valence-electron chi connectivity index (χ2n) is 9.79. The van der Waals surface area contributed by atoms with Crippen molar-refractivity contribution in [3.8, 4) is 0 Å². The fourth-order valence-electron chi connectivity index (χ4n) is 8.36. The van der Waals surface area contributed by atoms with Crippen molar-refractivity contribution in [3.05, 3.63) is 33.4 Å². The predicted octanol–water partition coefficient (Wildman–Crippen LogP) is 6.56. The monoisotopic (exact) mass is 304 g/mol. The second kappa shape index (κ2) is 4.06. The summed E-state index contributed by atoms with van der Waals surface area (Å²) in [5.74, 6) is 5.82. The zero-order valence-corrected chi connectivity index (χ0v) is 14.2. The minimum absolute atomic E-state index is 0.965. The van der Waals surface area contributed by atoms with E-state index >= 15 is 0 Å². The molecule has 1 aromatic carbocycles. The van der Waals surface area contributed by atoms with Gasteiger partial charge >= 0.3 is 0 Å². The van der Waals surface area contributed by atoms with Crippen LogP contribution in [-0.4, -0.2) is 0 Å². The van der Waals surface area contributed by atoms with Gasteiger partial charge in [0.2, 0.25) is 0 Å². The van der Waals surface area contributed by atoms with Gasteiger partial charge in [-0.1, -0.05) is 0 Å². The molecule has 1 aromatic rings. The summed E-state index contributed by atoms with van der Waals surface area (Å²) in [5, 5.41) is 0. The van der Waals surface area contributed by atoms with Crippen molar-refractivity contribution >= 4 is 0 Å². The van der Waals surface area contributed by atoms with Crippen molar-refractivity contribution < 1.29 is 0 Å². The predicted molar refractivity (Wildman–Crippen MR) is 93.7 cm³/mol. The summed E-state index contributed by atoms with van der Waals surface area (Å²) in [6, 6.07) is 0. The van der Waals surface area contributed by atoms with Gasteiger partial charge in [0.25, 0.3) is 0 Å². The molecular formula is C23H28. The lowest BCUT2D eigenvalue weighted by Gasteiger charge is -2.49. The Morgan fingerprint density at radius 2 is 0.522 bits per heavy atom. The van der Waals surface area contributed by atoms with E-state index in [1.54, 1.807) is 0 Å². The average molecular weight is 304 g/mol. The van der Waals surface area contributed by atoms with E-state index in [1.165, 1.54) is 70.6 Å². The van der Waals surface area contributed by atoms with E-state index in [4.69, 9.17) is 0 Å². The Bertz CT molecular complexity index is 649. The molecule has 3 fully saturated rings. The first kappa shape index (κ1) is 12.6. The lowest BCUT2D eigenvalue weighted by atomic mass is 9.55. The maximum absolute atomic E-state index is 1.99. The molecule has 0 spiro atoms. The van der Waals surface area contributed by atoms with Crippen LogP contribution in [0.3, 0.4) is 0 Å². The molecule has 120 valence electrons. The van der Waals surface area contributed by atoms with Crippen molar-refractivity contribution in [2.45, 2.75) is 106 Å². The van der Waals surface area contributed by atoms with Gasteiger partial charge in [0, 0.05) is 0 Å². The third-order valence-corrected chi connectivity index (χ3v) is 9.08. The number of rotatable bonds is 0. The lowest BCUT2D eigenvalue weighted by molar-refractivity contribution is 0.321. The third-order valence-electron chi connectivity index (χ3n) is 9.08. The summed E-state index contributed by atoms with van der Waals surface area (Å²) in [6.07, 6.45) is 16.8. The molecule has 23 heavy (non-hydrogen) atoms. The molecule has 6 bridgehead atoms. The highest BCUT2D eigenvalue weighted by Gasteiger charge is 2.50. The molecule has 0 heterocycles. The highest BCUT2D eigenvalue weighted by molar-refractivity contribution is 5.64. The van der Waals surface area contributed by atoms with Gasteiger partial charge in [-0.15, -0.1) is 0 Å². The highest BCUT2D eigenvalue weighted by Crippen LogP contribution is 2.66. The highest BCUT2D eigenvalue weighted by atomic mass is 14.5. The lowest BCUT2D eigenvalue weighted by Crippen LogP contribution is -2.32. The van der Waals surface area contributed by atoms with E-state index in [0.29, 0.717) is 0 Å². The standard InChI is InChI=1S/C23H28/c1-5-14-6-2-12(1)18-19-13-3-7-15(8-4-13)21(19)23-17-10-9-16(11-17)22(23)20(14)18/h12-17H,1-11H2/t12?,13?,14?,15?,16-,17+. The minimum atomic E-state index is 0.965. The van der Waals surface area contributed by atoms with E-state index in [9.17, 15) is 0 Å². The maximum atomic E-state index is 1.99. The molecule has 0 amide bonds. The Labute approximate surface area is 140 Å². The van der Waals surface area contributed by atoms with Gasteiger partial charge in [-0.25, -0.2) is 0 Å². The van der Waals surface area contributed by atoms with E-state index < -0.39 is 0 Å². The first-order chi connectivity index (χ1) is 11.4. The summed E-state index contributed by atoms with van der Waals surface area (Å²) in [6.45, 7) is 0. The Kier molecular flexibility index (Phi) is 2.22. The Hall–Kier alpha value is -0.780. The van der Waals surface area contributed by atoms with E-state index in [1.807, 2.05) is 33.4 Å². The second-order valence-corrected chi connectivity index (χ2v) is 9.79. The molecule has 0 N–H and O–H groups in total. The van der Waals surface area contributed by atoms with Crippen molar-refractivity contribution in [3.63, 3.8) is 0 Å². The summed E-state index contributed by atoms with van der Waals surface area (Å²) >= 11 is 0. The van der Waals surface area contributed by atoms with Crippen molar-refractivity contribution in [2.75, 3.05) is 0 Å². The summed E-state index contributed by atoms with van der Waals surface area (Å²) in [5.41, 5.74) is 11.9. The van der Waals surface area contributed by atoms with Gasteiger partial charge in [0.15, 0.2) is 0 Å². The molecule has 0 aromatic heterocycles. The van der Waals surface area contributed by atoms with Crippen molar-refractivity contribution in [2.24, 2.45) is 0 Å². The SMILES string of the molecule is C1CC2CCC1c1c3c(c4c(c12)[C@@H]1CC[C@H]4C1)C1CCC3CC1. The molecule has 0 aliphatic heterocycles. The number of hydrogen-bond acceptors (Lipinski definition) is 0. The zero-order valence-electron chi connectivity index (χ0n) is 14.2. The smallest absolute Gasteiger partial charge is 0.0150 e. The van der Waals surface area contributed by atoms with Crippen LogP contribution in [0.25, 0.3) is 0 Å². The Morgan fingerprint density at radius 3 is 0.826 bits per heavy atom. The first-order valence-corrected chi connectivity index (χ1v) is 10.6. The number of benzene rings is 1. The molecule has 0 heteroatoms. The third kappa shape index (κ3) is 1.35. The van der Waals surface area contributed by atoms with E-state index in [0.717, 1.165) is 35.5 Å². The van der Waals surface area contributed by atoms with Crippen LogP contribution in [0.4, 0.5) is 0 Å². The van der Waals surface area contributed by atoms with Gasteiger partial charge < -0.3 is 0 Å². The van der Waals surface area contributed by atoms with Gasteiger partial charge in [-0.3, -0.25) is 0 Å². The quantitative estimate of drug-likeness (QED) is 0.509. The molecule has 8 aliphatic rings. The van der Waals surface area contributed by atoms with Crippen molar-refractivity contribution in [1.29, 1.82) is 0 Å². The van der Waals surface area contributed by atoms with E-state index in [-0.39, 0.29) is 0 Å². The molecule has 0 radical (unpaired) electrons. The van der Waals surface area contributed by atoms with Crippen molar-refractivity contribution in [1.82, 2.24) is 0 Å². The van der Waals surface area contributed by atoms with Gasteiger partial charge in [0.1, 0.15) is 0 Å². The molecular weight excluding hydrogens is 276 g/mol. The molecule has 8 aliphatic carbocycles. The van der Waals surface area contributed by atoms with Crippen LogP contribution in [0.1, 0.15) is 140 Å². The number of fused-ring (bicyclic) bond motifs is 9. The van der Waals surface area contributed by atoms with Gasteiger partial charge in [0.05, 0.1) is 0 Å². The largest absolute Gasteiger partial charge is 0.0458 e. The van der Waals surface area contributed by atoms with Crippen LogP contribution in [0, 0.1) is 0 Å². The first-order valence-electron chi connectivity index (χ1n) is 10.6. The van der Waals surface area contributed by atoms with E-state index in [2.05, 4.69) is 0 Å². The average Bonchev–Trinajstić information content (AvgIpc) is 3.25. The number of hydrogen-bond donors (Lipinski definition) is 0. The van der Waals surface area contributed by atoms with Crippen LogP contribution in [0.5, 0.6) is 0 Å². The van der Waals surface area contributed by atoms with Gasteiger partial charge in [-0.2, -0.15) is 0 Å². The molecule has 0 saturated heterocycles. The maximum Gasteiger partial charge on any atom is -0.0150 e. The minimum Gasteiger partial charge on any atom is -0.0458 e. The summed E-state index contributed by atoms with van der Waals surface area (Å²) in [4.78, 5) is 0. The molecule has 0 nitrogen and oxygen atoms in total. The molecule has 9 rings (SSSR count). The van der Waals surface area contributed by atoms with Gasteiger partial charge in [-0.05, 0) is 140 Å². The zero-order chi connectivity index (χ0) is 14.7. The summed E-state index contributed by atoms with van der Waals surface area (Å²) < 4.78 is 0. The van der Waals surface area contributed by atoms with Crippen LogP contribution in [-0.2, 0) is 0 Å². The Morgan fingerprint density at radius 1 is 0.304 bits per heavy atom. The van der Waals surface area contributed by atoms with Crippen LogP contribution >= 0.6 is 0 Å². The Balaban J connectivity index is 1.63. The fraction of sp³-hybridized carbons (Fsp3) is 0.739. The molecule has 2 atom stereocenters. The van der Waals surface area contributed by atoms with Crippen LogP contribution in [0.15, 0.2) is 0 Å². The normalized spacial score (nSPS) is 44.3. The van der Waals surface area contributed by atoms with Crippen LogP contribution < -0.4 is 0 Å². The van der Waals surface area contributed by atoms with Crippen LogP contribution in [0.2, 0.25) is 0 Å². The topological polar surface area (TPSA) is 0 Å². The summed E-state index contributed by atoms with van der Waals surface area (Å²) in [7, 11) is 0. The molecule has 0 unspecified atom stereocenters. The molecule has 3 saturated carbocycles. The fourth-order valence-corrected chi connectivity index (χ4v) is 8.36.